The summed E-state index contributed by atoms with van der Waals surface area (Å²) in [4.78, 5) is 41.9. The van der Waals surface area contributed by atoms with E-state index in [1.54, 1.807) is 0 Å². The van der Waals surface area contributed by atoms with Gasteiger partial charge >= 0.3 is 93.2 Å². The van der Waals surface area contributed by atoms with Crippen molar-refractivity contribution < 1.29 is 38.1 Å². The quantitative estimate of drug-likeness (QED) is 0.0638. The number of ether oxygens (including phenoxy) is 4. The van der Waals surface area contributed by atoms with E-state index in [0.717, 1.165) is 55.8 Å². The van der Waals surface area contributed by atoms with Gasteiger partial charge in [-0.05, 0) is 19.3 Å². The predicted molar refractivity (Wildman–Crippen MR) is 160 cm³/mol. The van der Waals surface area contributed by atoms with Crippen LogP contribution in [0.15, 0.2) is 0 Å². The van der Waals surface area contributed by atoms with E-state index >= 15 is 0 Å². The third-order valence-corrected chi connectivity index (χ3v) is 5.25. The second kappa shape index (κ2) is 40.2. The van der Waals surface area contributed by atoms with Gasteiger partial charge in [-0.1, -0.05) is 40.0 Å². The number of hydrogen-bond acceptors (Lipinski definition) is 11. The second-order valence-corrected chi connectivity index (χ2v) is 9.65. The van der Waals surface area contributed by atoms with E-state index in [2.05, 4.69) is 65.6 Å². The summed E-state index contributed by atoms with van der Waals surface area (Å²) in [6.45, 7) is 10.4. The molecule has 0 aliphatic rings. The number of rotatable bonds is 17. The van der Waals surface area contributed by atoms with E-state index in [1.165, 1.54) is 22.5 Å². The van der Waals surface area contributed by atoms with Crippen molar-refractivity contribution in [2.24, 2.45) is 0 Å². The number of carbonyl (C=O) groups excluding carboxylic acids is 4. The van der Waals surface area contributed by atoms with E-state index in [1.807, 2.05) is 0 Å². The molecule has 0 aromatic rings. The Morgan fingerprint density at radius 1 is 0.514 bits per heavy atom. The van der Waals surface area contributed by atoms with Gasteiger partial charge in [0.2, 0.25) is 0 Å². The normalized spacial score (nSPS) is 9.19. The Labute approximate surface area is 254 Å². The summed E-state index contributed by atoms with van der Waals surface area (Å²) >= 11 is 12.6. The van der Waals surface area contributed by atoms with Gasteiger partial charge in [0.15, 0.2) is 0 Å². The van der Waals surface area contributed by atoms with Gasteiger partial charge < -0.3 is 14.2 Å². The van der Waals surface area contributed by atoms with Crippen molar-refractivity contribution in [3.05, 3.63) is 0 Å². The molecule has 0 amide bonds. The summed E-state index contributed by atoms with van der Waals surface area (Å²) in [7, 11) is 0. The number of carbonyl (C=O) groups is 4. The predicted octanol–water partition coefficient (Wildman–Crippen LogP) is 5.09. The van der Waals surface area contributed by atoms with E-state index in [0.29, 0.717) is 32.8 Å². The Balaban J connectivity index is -0.000000196. The minimum absolute atomic E-state index is 0.0368. The average Bonchev–Trinajstić information content (AvgIpc) is 2.90. The van der Waals surface area contributed by atoms with Crippen molar-refractivity contribution >= 4 is 84.3 Å². The Bertz CT molecular complexity index is 474. The third kappa shape index (κ3) is 49.2. The van der Waals surface area contributed by atoms with Gasteiger partial charge in [-0.15, -0.1) is 0 Å². The Kier molecular flexibility index (Phi) is 47.6. The van der Waals surface area contributed by atoms with Gasteiger partial charge in [-0.3, -0.25) is 14.4 Å². The van der Waals surface area contributed by atoms with Crippen LogP contribution in [0.2, 0.25) is 4.44 Å². The summed E-state index contributed by atoms with van der Waals surface area (Å²) in [6.07, 6.45) is 8.67. The van der Waals surface area contributed by atoms with Crippen molar-refractivity contribution in [1.29, 1.82) is 0 Å². The zero-order chi connectivity index (χ0) is 29.2. The summed E-state index contributed by atoms with van der Waals surface area (Å²) in [5.74, 6) is -0.174. The van der Waals surface area contributed by atoms with Crippen LogP contribution in [0.4, 0.5) is 0 Å². The van der Waals surface area contributed by atoms with Crippen LogP contribution in [0, 0.1) is 0 Å². The molecular formula is C25H49O8S3Sn. The maximum absolute atomic E-state index is 10.7. The SMILES string of the molecule is CCCCOC(=O)CS.CCCCOC(=O)CS.CCCCOC(=O)CS.CCCCOC(=O)C[CH2][Sn]. The standard InChI is InChI=1S/C7H13O2.3C6H12O2S.Sn/c1-3-5-6-9-7(8)4-2;3*1-2-3-4-8-6(7)5-9;/h2-6H2,1H3;3*9H,2-5H2,1H3;. The molecule has 37 heavy (non-hydrogen) atoms. The number of unbranched alkanes of at least 4 members (excludes halogenated alkanes) is 4. The van der Waals surface area contributed by atoms with Crippen LogP contribution in [0.25, 0.3) is 0 Å². The first kappa shape index (κ1) is 43.8. The summed E-state index contributed by atoms with van der Waals surface area (Å²) in [6, 6.07) is 0. The fourth-order valence-electron chi connectivity index (χ4n) is 1.63. The van der Waals surface area contributed by atoms with Crippen molar-refractivity contribution in [3.8, 4) is 0 Å². The Morgan fingerprint density at radius 2 is 0.757 bits per heavy atom. The van der Waals surface area contributed by atoms with Gasteiger partial charge in [-0.25, -0.2) is 0 Å². The molecule has 219 valence electrons. The molecule has 0 saturated carbocycles. The van der Waals surface area contributed by atoms with Crippen molar-refractivity contribution in [2.75, 3.05) is 43.7 Å². The van der Waals surface area contributed by atoms with Crippen LogP contribution >= 0.6 is 37.9 Å². The molecule has 0 aromatic carbocycles. The Morgan fingerprint density at radius 3 is 0.946 bits per heavy atom. The van der Waals surface area contributed by atoms with Gasteiger partial charge in [0.05, 0.1) is 37.1 Å². The molecule has 0 spiro atoms. The van der Waals surface area contributed by atoms with Gasteiger partial charge in [0.1, 0.15) is 0 Å². The fourth-order valence-corrected chi connectivity index (χ4v) is 2.49. The van der Waals surface area contributed by atoms with E-state index in [4.69, 9.17) is 18.9 Å². The topological polar surface area (TPSA) is 105 Å². The van der Waals surface area contributed by atoms with Gasteiger partial charge in [-0.2, -0.15) is 37.9 Å². The molecule has 12 heteroatoms. The van der Waals surface area contributed by atoms with Gasteiger partial charge in [0, 0.05) is 0 Å². The van der Waals surface area contributed by atoms with Crippen molar-refractivity contribution in [1.82, 2.24) is 0 Å². The first-order chi connectivity index (χ1) is 17.7. The summed E-state index contributed by atoms with van der Waals surface area (Å²) in [5.41, 5.74) is 0. The molecule has 3 radical (unpaired) electrons. The van der Waals surface area contributed by atoms with Gasteiger partial charge in [0.25, 0.3) is 0 Å². The van der Waals surface area contributed by atoms with Crippen LogP contribution in [0.3, 0.4) is 0 Å². The van der Waals surface area contributed by atoms with Crippen molar-refractivity contribution in [3.63, 3.8) is 0 Å². The maximum atomic E-state index is 10.7. The molecule has 0 aromatic heterocycles. The summed E-state index contributed by atoms with van der Waals surface area (Å²) in [5, 5.41) is 0. The monoisotopic (exact) mass is 693 g/mol. The number of esters is 4. The van der Waals surface area contributed by atoms with Crippen LogP contribution in [-0.2, 0) is 38.1 Å². The fraction of sp³-hybridized carbons (Fsp3) is 0.840. The minimum atomic E-state index is -0.230. The van der Waals surface area contributed by atoms with Crippen LogP contribution < -0.4 is 0 Å². The molecule has 0 saturated heterocycles. The first-order valence-corrected chi connectivity index (χ1v) is 16.7. The number of hydrogen-bond donors (Lipinski definition) is 3. The zero-order valence-corrected chi connectivity index (χ0v) is 28.7. The zero-order valence-electron chi connectivity index (χ0n) is 23.1. The molecule has 0 atom stereocenters. The van der Waals surface area contributed by atoms with E-state index in [-0.39, 0.29) is 41.1 Å². The third-order valence-electron chi connectivity index (χ3n) is 3.76. The van der Waals surface area contributed by atoms with E-state index in [9.17, 15) is 19.2 Å². The molecule has 0 N–H and O–H groups in total. The van der Waals surface area contributed by atoms with Crippen LogP contribution in [-0.4, -0.2) is 90.1 Å². The molecule has 0 bridgehead atoms. The molecule has 0 aliphatic heterocycles. The second-order valence-electron chi connectivity index (χ2n) is 7.27. The molecule has 0 fully saturated rings. The molecular weight excluding hydrogens is 643 g/mol. The number of thiol groups is 3. The van der Waals surface area contributed by atoms with E-state index < -0.39 is 0 Å². The van der Waals surface area contributed by atoms with Crippen molar-refractivity contribution in [2.45, 2.75) is 89.9 Å². The molecule has 0 unspecified atom stereocenters. The molecule has 0 heterocycles. The Hall–Kier alpha value is -0.271. The average molecular weight is 693 g/mol. The molecule has 0 rings (SSSR count). The molecule has 8 nitrogen and oxygen atoms in total. The summed E-state index contributed by atoms with van der Waals surface area (Å²) < 4.78 is 20.0. The van der Waals surface area contributed by atoms with Crippen LogP contribution in [0.1, 0.15) is 85.5 Å². The van der Waals surface area contributed by atoms with Crippen LogP contribution in [0.5, 0.6) is 0 Å². The molecule has 0 aliphatic carbocycles. The first-order valence-electron chi connectivity index (χ1n) is 12.8.